The lowest BCUT2D eigenvalue weighted by molar-refractivity contribution is 0.451. The van der Waals surface area contributed by atoms with Gasteiger partial charge in [-0.05, 0) is 29.8 Å². The van der Waals surface area contributed by atoms with Gasteiger partial charge in [-0.15, -0.1) is 0 Å². The zero-order chi connectivity index (χ0) is 17.2. The molecule has 0 fully saturated rings. The van der Waals surface area contributed by atoms with E-state index in [1.807, 2.05) is 36.4 Å². The van der Waals surface area contributed by atoms with Crippen molar-refractivity contribution >= 4 is 40.1 Å². The van der Waals surface area contributed by atoms with Gasteiger partial charge in [0.25, 0.3) is 5.71 Å². The van der Waals surface area contributed by atoms with Gasteiger partial charge < -0.3 is 9.84 Å². The Morgan fingerprint density at radius 3 is 2.60 bits per heavy atom. The highest BCUT2D eigenvalue weighted by molar-refractivity contribution is 6.30. The fraction of sp³-hybridized carbons (Fsp3) is 0.0556. The maximum atomic E-state index is 6.03. The zero-order valence-electron chi connectivity index (χ0n) is 12.9. The van der Waals surface area contributed by atoms with Crippen LogP contribution in [0.4, 0.5) is 5.82 Å². The average molecular weight is 371 g/mol. The van der Waals surface area contributed by atoms with Gasteiger partial charge in [-0.25, -0.2) is 4.98 Å². The molecular formula is C18H12Cl2N4O. The molecule has 124 valence electrons. The molecule has 0 atom stereocenters. The van der Waals surface area contributed by atoms with Gasteiger partial charge in [-0.1, -0.05) is 52.6 Å². The first-order valence-corrected chi connectivity index (χ1v) is 8.31. The van der Waals surface area contributed by atoms with Crippen molar-refractivity contribution in [1.82, 2.24) is 15.1 Å². The smallest absolute Gasteiger partial charge is 0.263 e. The van der Waals surface area contributed by atoms with E-state index in [0.717, 1.165) is 16.5 Å². The van der Waals surface area contributed by atoms with Crippen molar-refractivity contribution in [2.45, 2.75) is 6.54 Å². The first-order valence-electron chi connectivity index (χ1n) is 7.55. The Morgan fingerprint density at radius 2 is 1.80 bits per heavy atom. The van der Waals surface area contributed by atoms with E-state index < -0.39 is 0 Å². The summed E-state index contributed by atoms with van der Waals surface area (Å²) in [7, 11) is 0. The maximum absolute atomic E-state index is 6.03. The molecule has 4 rings (SSSR count). The molecule has 0 unspecified atom stereocenters. The highest BCUT2D eigenvalue weighted by Gasteiger charge is 2.16. The van der Waals surface area contributed by atoms with E-state index >= 15 is 0 Å². The number of benzene rings is 2. The van der Waals surface area contributed by atoms with Crippen LogP contribution in [0.3, 0.4) is 0 Å². The minimum absolute atomic E-state index is 0.425. The third-order valence-electron chi connectivity index (χ3n) is 3.74. The van der Waals surface area contributed by atoms with E-state index in [1.54, 1.807) is 12.1 Å². The first kappa shape index (κ1) is 15.9. The number of aromatic nitrogens is 3. The van der Waals surface area contributed by atoms with E-state index in [0.29, 0.717) is 33.8 Å². The summed E-state index contributed by atoms with van der Waals surface area (Å²) in [6.07, 6.45) is 1.44. The normalized spacial score (nSPS) is 11.0. The Balaban J connectivity index is 1.71. The van der Waals surface area contributed by atoms with Crippen molar-refractivity contribution in [1.29, 1.82) is 0 Å². The van der Waals surface area contributed by atoms with Crippen LogP contribution in [-0.4, -0.2) is 15.1 Å². The Kier molecular flexibility index (Phi) is 4.26. The molecule has 25 heavy (non-hydrogen) atoms. The molecule has 2 aromatic carbocycles. The molecule has 5 nitrogen and oxygen atoms in total. The van der Waals surface area contributed by atoms with E-state index in [4.69, 9.17) is 27.7 Å². The summed E-state index contributed by atoms with van der Waals surface area (Å²) in [5, 5.41) is 9.53. The molecule has 4 aromatic rings. The van der Waals surface area contributed by atoms with Crippen molar-refractivity contribution in [2.24, 2.45) is 0 Å². The second kappa shape index (κ2) is 6.70. The Labute approximate surface area is 153 Å². The summed E-state index contributed by atoms with van der Waals surface area (Å²) < 4.78 is 5.35. The van der Waals surface area contributed by atoms with Crippen molar-refractivity contribution < 1.29 is 4.52 Å². The molecule has 1 N–H and O–H groups in total. The fourth-order valence-corrected chi connectivity index (χ4v) is 2.90. The predicted octanol–water partition coefficient (Wildman–Crippen LogP) is 5.20. The second-order valence-corrected chi connectivity index (χ2v) is 6.30. The molecule has 0 aliphatic carbocycles. The first-order chi connectivity index (χ1) is 12.2. The number of anilines is 1. The molecule has 0 saturated heterocycles. The van der Waals surface area contributed by atoms with Gasteiger partial charge in [0, 0.05) is 22.2 Å². The number of fused-ring (bicyclic) bond motifs is 1. The zero-order valence-corrected chi connectivity index (χ0v) is 14.4. The minimum Gasteiger partial charge on any atom is -0.365 e. The lowest BCUT2D eigenvalue weighted by Gasteiger charge is -2.07. The lowest BCUT2D eigenvalue weighted by atomic mass is 10.1. The van der Waals surface area contributed by atoms with Gasteiger partial charge in [0.2, 0.25) is 0 Å². The van der Waals surface area contributed by atoms with Crippen LogP contribution in [0.15, 0.2) is 59.4 Å². The van der Waals surface area contributed by atoms with Crippen LogP contribution in [0.25, 0.3) is 22.4 Å². The molecule has 0 amide bonds. The van der Waals surface area contributed by atoms with Gasteiger partial charge in [-0.2, -0.15) is 4.98 Å². The standard InChI is InChI=1S/C18H12Cl2N4O/c19-13-6-4-12(5-7-13)16-15-17(22-10-23-18(15)25-24-16)21-9-11-2-1-3-14(20)8-11/h1-8,10H,9H2,(H,21,22,23). The van der Waals surface area contributed by atoms with E-state index in [2.05, 4.69) is 20.4 Å². The summed E-state index contributed by atoms with van der Waals surface area (Å²) in [6.45, 7) is 0.567. The van der Waals surface area contributed by atoms with Crippen LogP contribution in [0.5, 0.6) is 0 Å². The van der Waals surface area contributed by atoms with Gasteiger partial charge in [0.15, 0.2) is 0 Å². The molecule has 0 spiro atoms. The molecule has 2 heterocycles. The monoisotopic (exact) mass is 370 g/mol. The van der Waals surface area contributed by atoms with Gasteiger partial charge in [0.05, 0.1) is 0 Å². The summed E-state index contributed by atoms with van der Waals surface area (Å²) >= 11 is 12.0. The summed E-state index contributed by atoms with van der Waals surface area (Å²) in [4.78, 5) is 8.49. The number of hydrogen-bond donors (Lipinski definition) is 1. The van der Waals surface area contributed by atoms with E-state index in [1.165, 1.54) is 6.33 Å². The van der Waals surface area contributed by atoms with Crippen LogP contribution >= 0.6 is 23.2 Å². The molecule has 0 aliphatic rings. The SMILES string of the molecule is Clc1ccc(-c2noc3ncnc(NCc4cccc(Cl)c4)c23)cc1. The minimum atomic E-state index is 0.425. The number of hydrogen-bond acceptors (Lipinski definition) is 5. The summed E-state index contributed by atoms with van der Waals surface area (Å²) in [5.41, 5.74) is 3.02. The van der Waals surface area contributed by atoms with Crippen molar-refractivity contribution in [3.63, 3.8) is 0 Å². The molecule has 2 aromatic heterocycles. The number of halogens is 2. The molecule has 0 bridgehead atoms. The third-order valence-corrected chi connectivity index (χ3v) is 4.23. The topological polar surface area (TPSA) is 63.8 Å². The Hall–Kier alpha value is -2.63. The lowest BCUT2D eigenvalue weighted by Crippen LogP contribution is -2.02. The van der Waals surface area contributed by atoms with E-state index in [9.17, 15) is 0 Å². The number of rotatable bonds is 4. The van der Waals surface area contributed by atoms with E-state index in [-0.39, 0.29) is 0 Å². The maximum Gasteiger partial charge on any atom is 0.263 e. The summed E-state index contributed by atoms with van der Waals surface area (Å²) in [6, 6.07) is 15.0. The number of nitrogens with one attached hydrogen (secondary N) is 1. The van der Waals surface area contributed by atoms with Gasteiger partial charge in [-0.3, -0.25) is 0 Å². The predicted molar refractivity (Wildman–Crippen MR) is 98.8 cm³/mol. The quantitative estimate of drug-likeness (QED) is 0.534. The van der Waals surface area contributed by atoms with Crippen molar-refractivity contribution in [3.05, 3.63) is 70.5 Å². The van der Waals surface area contributed by atoms with Crippen LogP contribution < -0.4 is 5.32 Å². The Bertz CT molecular complexity index is 1030. The van der Waals surface area contributed by atoms with Crippen LogP contribution in [0, 0.1) is 0 Å². The average Bonchev–Trinajstić information content (AvgIpc) is 3.05. The third kappa shape index (κ3) is 3.29. The largest absolute Gasteiger partial charge is 0.365 e. The highest BCUT2D eigenvalue weighted by Crippen LogP contribution is 2.32. The van der Waals surface area contributed by atoms with Crippen molar-refractivity contribution in [2.75, 3.05) is 5.32 Å². The fourth-order valence-electron chi connectivity index (χ4n) is 2.56. The van der Waals surface area contributed by atoms with Crippen LogP contribution in [0.2, 0.25) is 10.0 Å². The van der Waals surface area contributed by atoms with Crippen LogP contribution in [-0.2, 0) is 6.54 Å². The summed E-state index contributed by atoms with van der Waals surface area (Å²) in [5.74, 6) is 0.649. The van der Waals surface area contributed by atoms with Gasteiger partial charge >= 0.3 is 0 Å². The van der Waals surface area contributed by atoms with Crippen molar-refractivity contribution in [3.8, 4) is 11.3 Å². The number of nitrogens with zero attached hydrogens (tertiary/aromatic N) is 3. The molecule has 0 radical (unpaired) electrons. The molecule has 0 saturated carbocycles. The van der Waals surface area contributed by atoms with Crippen LogP contribution in [0.1, 0.15) is 5.56 Å². The Morgan fingerprint density at radius 1 is 0.960 bits per heavy atom. The molecule has 7 heteroatoms. The second-order valence-electron chi connectivity index (χ2n) is 5.42. The highest BCUT2D eigenvalue weighted by atomic mass is 35.5. The van der Waals surface area contributed by atoms with Gasteiger partial charge in [0.1, 0.15) is 23.2 Å². The molecule has 0 aliphatic heterocycles. The molecular weight excluding hydrogens is 359 g/mol.